The third-order valence-corrected chi connectivity index (χ3v) is 0.779. The molecule has 32 valence electrons. The van der Waals surface area contributed by atoms with Gasteiger partial charge in [-0.25, -0.2) is 0 Å². The van der Waals surface area contributed by atoms with Gasteiger partial charge in [0.25, 0.3) is 0 Å². The van der Waals surface area contributed by atoms with Crippen LogP contribution in [0.5, 0.6) is 0 Å². The average Bonchev–Trinajstić information content (AvgIpc) is 2.19. The molecule has 1 heterocycles. The van der Waals surface area contributed by atoms with Crippen molar-refractivity contribution in [3.8, 4) is 6.19 Å². The number of hydrogen-bond donors (Lipinski definition) is 1. The minimum Gasteiger partial charge on any atom is -0.309 e. The Morgan fingerprint density at radius 2 is 2.50 bits per heavy atom. The molecule has 3 heteroatoms. The summed E-state index contributed by atoms with van der Waals surface area (Å²) in [7, 11) is 0. The van der Waals surface area contributed by atoms with Crippen molar-refractivity contribution in [3.05, 3.63) is 0 Å². The van der Waals surface area contributed by atoms with E-state index >= 15 is 0 Å². The molecule has 0 amide bonds. The van der Waals surface area contributed by atoms with E-state index in [4.69, 9.17) is 11.0 Å². The molecule has 1 aliphatic rings. The van der Waals surface area contributed by atoms with Crippen LogP contribution in [0.4, 0.5) is 0 Å². The van der Waals surface area contributed by atoms with Crippen LogP contribution in [-0.4, -0.2) is 17.6 Å². The van der Waals surface area contributed by atoms with Crippen LogP contribution in [0.2, 0.25) is 0 Å². The molecule has 0 aromatic carbocycles. The number of nitriles is 1. The van der Waals surface area contributed by atoms with Crippen LogP contribution >= 0.6 is 0 Å². The zero-order valence-electron chi connectivity index (χ0n) is 3.26. The lowest BCUT2D eigenvalue weighted by molar-refractivity contribution is 0.708. The van der Waals surface area contributed by atoms with Crippen molar-refractivity contribution in [1.82, 2.24) is 4.90 Å². The SMILES string of the molecule is N#CN1CC1N. The molecule has 0 aromatic rings. The summed E-state index contributed by atoms with van der Waals surface area (Å²) in [4.78, 5) is 1.50. The van der Waals surface area contributed by atoms with Crippen molar-refractivity contribution < 1.29 is 0 Å². The van der Waals surface area contributed by atoms with Gasteiger partial charge in [0.15, 0.2) is 6.19 Å². The Labute approximate surface area is 36.0 Å². The summed E-state index contributed by atoms with van der Waals surface area (Å²) in [5.74, 6) is 0. The maximum absolute atomic E-state index is 7.97. The van der Waals surface area contributed by atoms with Crippen LogP contribution in [0.3, 0.4) is 0 Å². The highest BCUT2D eigenvalue weighted by atomic mass is 15.4. The topological polar surface area (TPSA) is 52.8 Å². The molecule has 0 aliphatic carbocycles. The minimum atomic E-state index is 0.0370. The van der Waals surface area contributed by atoms with E-state index in [0.29, 0.717) is 0 Å². The van der Waals surface area contributed by atoms with Crippen molar-refractivity contribution in [1.29, 1.82) is 5.26 Å². The molecule has 0 spiro atoms. The van der Waals surface area contributed by atoms with E-state index in [2.05, 4.69) is 0 Å². The highest BCUT2D eigenvalue weighted by Crippen LogP contribution is 2.05. The lowest BCUT2D eigenvalue weighted by Crippen LogP contribution is -2.04. The van der Waals surface area contributed by atoms with E-state index in [1.807, 2.05) is 6.19 Å². The summed E-state index contributed by atoms with van der Waals surface area (Å²) in [6.07, 6.45) is 1.93. The fourth-order valence-electron chi connectivity index (χ4n) is 0.269. The van der Waals surface area contributed by atoms with Crippen molar-refractivity contribution in [2.75, 3.05) is 6.54 Å². The molecule has 0 radical (unpaired) electrons. The van der Waals surface area contributed by atoms with E-state index in [1.165, 1.54) is 4.90 Å². The Bertz CT molecular complexity index is 92.7. The highest BCUT2D eigenvalue weighted by Gasteiger charge is 2.27. The Kier molecular flexibility index (Phi) is 0.490. The fourth-order valence-corrected chi connectivity index (χ4v) is 0.269. The van der Waals surface area contributed by atoms with E-state index in [9.17, 15) is 0 Å². The van der Waals surface area contributed by atoms with Crippen molar-refractivity contribution in [2.24, 2.45) is 5.73 Å². The number of hydrogen-bond acceptors (Lipinski definition) is 3. The summed E-state index contributed by atoms with van der Waals surface area (Å²) in [5.41, 5.74) is 5.18. The molecular weight excluding hydrogens is 78.1 g/mol. The van der Waals surface area contributed by atoms with Gasteiger partial charge in [0, 0.05) is 0 Å². The highest BCUT2D eigenvalue weighted by molar-refractivity contribution is 4.93. The van der Waals surface area contributed by atoms with Crippen molar-refractivity contribution in [3.63, 3.8) is 0 Å². The third kappa shape index (κ3) is 0.313. The smallest absolute Gasteiger partial charge is 0.180 e. The fraction of sp³-hybridized carbons (Fsp3) is 0.667. The Hall–Kier alpha value is -0.750. The van der Waals surface area contributed by atoms with E-state index in [-0.39, 0.29) is 6.17 Å². The van der Waals surface area contributed by atoms with Gasteiger partial charge in [-0.05, 0) is 0 Å². The summed E-state index contributed by atoms with van der Waals surface area (Å²) in [6, 6.07) is 0. The largest absolute Gasteiger partial charge is 0.309 e. The monoisotopic (exact) mass is 83.0 g/mol. The molecule has 1 unspecified atom stereocenters. The van der Waals surface area contributed by atoms with Gasteiger partial charge in [-0.3, -0.25) is 4.90 Å². The Morgan fingerprint density at radius 1 is 2.00 bits per heavy atom. The summed E-state index contributed by atoms with van der Waals surface area (Å²) >= 11 is 0. The predicted molar refractivity (Wildman–Crippen MR) is 20.3 cm³/mol. The van der Waals surface area contributed by atoms with Gasteiger partial charge in [-0.2, -0.15) is 5.26 Å². The van der Waals surface area contributed by atoms with Crippen LogP contribution in [0.25, 0.3) is 0 Å². The van der Waals surface area contributed by atoms with Gasteiger partial charge in [0.2, 0.25) is 0 Å². The molecule has 6 heavy (non-hydrogen) atoms. The summed E-state index contributed by atoms with van der Waals surface area (Å²) in [5, 5.41) is 7.97. The standard InChI is InChI=1S/C3H5N3/c4-2-6-1-3(6)5/h3H,1,5H2. The second kappa shape index (κ2) is 0.854. The normalized spacial score (nSPS) is 29.3. The molecule has 0 bridgehead atoms. The maximum Gasteiger partial charge on any atom is 0.180 e. The van der Waals surface area contributed by atoms with Crippen LogP contribution < -0.4 is 5.73 Å². The van der Waals surface area contributed by atoms with E-state index < -0.39 is 0 Å². The molecule has 0 saturated carbocycles. The number of rotatable bonds is 0. The number of nitrogens with two attached hydrogens (primary N) is 1. The van der Waals surface area contributed by atoms with Gasteiger partial charge >= 0.3 is 0 Å². The van der Waals surface area contributed by atoms with Gasteiger partial charge in [-0.15, -0.1) is 0 Å². The second-order valence-electron chi connectivity index (χ2n) is 1.32. The molecular formula is C3H5N3. The molecule has 3 nitrogen and oxygen atoms in total. The lowest BCUT2D eigenvalue weighted by Gasteiger charge is -1.75. The second-order valence-corrected chi connectivity index (χ2v) is 1.32. The molecule has 1 saturated heterocycles. The lowest BCUT2D eigenvalue weighted by atomic mass is 10.8. The predicted octanol–water partition coefficient (Wildman–Crippen LogP) is -0.932. The first kappa shape index (κ1) is 3.44. The molecule has 1 fully saturated rings. The Morgan fingerprint density at radius 3 is 2.50 bits per heavy atom. The van der Waals surface area contributed by atoms with E-state index in [1.54, 1.807) is 0 Å². The van der Waals surface area contributed by atoms with Gasteiger partial charge in [0.1, 0.15) is 6.17 Å². The summed E-state index contributed by atoms with van der Waals surface area (Å²) < 4.78 is 0. The van der Waals surface area contributed by atoms with Gasteiger partial charge in [0.05, 0.1) is 6.54 Å². The first-order valence-corrected chi connectivity index (χ1v) is 1.76. The summed E-state index contributed by atoms with van der Waals surface area (Å²) in [6.45, 7) is 0.747. The minimum absolute atomic E-state index is 0.0370. The van der Waals surface area contributed by atoms with Crippen LogP contribution in [0.15, 0.2) is 0 Å². The Balaban J connectivity index is 2.31. The molecule has 1 atom stereocenters. The van der Waals surface area contributed by atoms with Crippen LogP contribution in [0.1, 0.15) is 0 Å². The van der Waals surface area contributed by atoms with E-state index in [0.717, 1.165) is 6.54 Å². The molecule has 0 aromatic heterocycles. The van der Waals surface area contributed by atoms with Crippen molar-refractivity contribution in [2.45, 2.75) is 6.17 Å². The van der Waals surface area contributed by atoms with Gasteiger partial charge in [-0.1, -0.05) is 0 Å². The zero-order chi connectivity index (χ0) is 4.57. The van der Waals surface area contributed by atoms with Crippen LogP contribution in [-0.2, 0) is 0 Å². The molecule has 1 aliphatic heterocycles. The quantitative estimate of drug-likeness (QED) is 0.304. The number of nitrogens with zero attached hydrogens (tertiary/aromatic N) is 2. The first-order chi connectivity index (χ1) is 2.84. The zero-order valence-corrected chi connectivity index (χ0v) is 3.26. The molecule has 2 N–H and O–H groups in total. The average molecular weight is 83.1 g/mol. The first-order valence-electron chi connectivity index (χ1n) is 1.76. The van der Waals surface area contributed by atoms with Gasteiger partial charge < -0.3 is 5.73 Å². The van der Waals surface area contributed by atoms with Crippen molar-refractivity contribution >= 4 is 0 Å². The molecule has 1 rings (SSSR count). The maximum atomic E-state index is 7.97. The van der Waals surface area contributed by atoms with Crippen LogP contribution in [0, 0.1) is 11.5 Å². The third-order valence-electron chi connectivity index (χ3n) is 0.779.